The first kappa shape index (κ1) is 15.4. The normalized spacial score (nSPS) is 16.1. The molecule has 0 radical (unpaired) electrons. The molecule has 0 amide bonds. The summed E-state index contributed by atoms with van der Waals surface area (Å²) < 4.78 is 63.0. The highest BCUT2D eigenvalue weighted by atomic mass is 32.2. The molecule has 0 unspecified atom stereocenters. The lowest BCUT2D eigenvalue weighted by Crippen LogP contribution is -2.09. The third-order valence-electron chi connectivity index (χ3n) is 3.03. The third kappa shape index (κ3) is 3.64. The summed E-state index contributed by atoms with van der Waals surface area (Å²) >= 11 is 0.682. The van der Waals surface area contributed by atoms with E-state index in [2.05, 4.69) is 15.3 Å². The number of alkyl halides is 3. The van der Waals surface area contributed by atoms with Gasteiger partial charge < -0.3 is 0 Å². The van der Waals surface area contributed by atoms with Gasteiger partial charge >= 0.3 is 6.18 Å². The quantitative estimate of drug-likeness (QED) is 0.824. The van der Waals surface area contributed by atoms with Crippen LogP contribution in [0.1, 0.15) is 35.3 Å². The first-order valence-electron chi connectivity index (χ1n) is 6.36. The molecule has 2 aromatic heterocycles. The molecule has 2 heterocycles. The van der Waals surface area contributed by atoms with Crippen molar-refractivity contribution >= 4 is 21.2 Å². The zero-order chi connectivity index (χ0) is 16.0. The smallest absolute Gasteiger partial charge is 0.249 e. The predicted octanol–water partition coefficient (Wildman–Crippen LogP) is 2.20. The van der Waals surface area contributed by atoms with Crippen LogP contribution in [0.3, 0.4) is 0 Å². The second-order valence-corrected chi connectivity index (χ2v) is 8.08. The average molecular weight is 352 g/mol. The standard InChI is InChI=1S/C11H11F3N4O2S2/c12-11(13,14)9-4-21-10(15-9)6-22(19,20)5-7-3-18(17-16-7)8-1-2-8/h3-4,8H,1-2,5-6H2. The van der Waals surface area contributed by atoms with Crippen molar-refractivity contribution in [1.82, 2.24) is 20.0 Å². The van der Waals surface area contributed by atoms with Crippen LogP contribution in [0.5, 0.6) is 0 Å². The molecule has 0 bridgehead atoms. The van der Waals surface area contributed by atoms with Crippen LogP contribution in [0.25, 0.3) is 0 Å². The Labute approximate surface area is 127 Å². The van der Waals surface area contributed by atoms with Crippen LogP contribution >= 0.6 is 11.3 Å². The van der Waals surface area contributed by atoms with Gasteiger partial charge in [0.2, 0.25) is 0 Å². The van der Waals surface area contributed by atoms with Crippen molar-refractivity contribution in [3.05, 3.63) is 28.0 Å². The number of rotatable bonds is 5. The lowest BCUT2D eigenvalue weighted by atomic mass is 10.5. The van der Waals surface area contributed by atoms with E-state index in [0.717, 1.165) is 18.2 Å². The van der Waals surface area contributed by atoms with Gasteiger partial charge in [-0.3, -0.25) is 0 Å². The molecule has 0 atom stereocenters. The number of halogens is 3. The van der Waals surface area contributed by atoms with Gasteiger partial charge in [0.1, 0.15) is 10.8 Å². The van der Waals surface area contributed by atoms with Gasteiger partial charge in [-0.15, -0.1) is 16.4 Å². The molecule has 0 N–H and O–H groups in total. The third-order valence-corrected chi connectivity index (χ3v) is 5.51. The Morgan fingerprint density at radius 3 is 2.64 bits per heavy atom. The second kappa shape index (κ2) is 5.30. The summed E-state index contributed by atoms with van der Waals surface area (Å²) in [6, 6.07) is 0.289. The zero-order valence-electron chi connectivity index (χ0n) is 11.1. The van der Waals surface area contributed by atoms with Crippen LogP contribution < -0.4 is 0 Å². The van der Waals surface area contributed by atoms with Crippen LogP contribution in [0.15, 0.2) is 11.6 Å². The molecule has 0 saturated heterocycles. The molecule has 0 aromatic carbocycles. The van der Waals surface area contributed by atoms with Crippen LogP contribution in [-0.4, -0.2) is 28.4 Å². The van der Waals surface area contributed by atoms with Crippen LogP contribution in [0.4, 0.5) is 13.2 Å². The van der Waals surface area contributed by atoms with Crippen LogP contribution in [0, 0.1) is 0 Å². The maximum atomic E-state index is 12.4. The molecule has 0 aliphatic heterocycles. The Balaban J connectivity index is 1.68. The second-order valence-electron chi connectivity index (χ2n) is 5.08. The Morgan fingerprint density at radius 1 is 1.32 bits per heavy atom. The lowest BCUT2D eigenvalue weighted by molar-refractivity contribution is -0.140. The summed E-state index contributed by atoms with van der Waals surface area (Å²) in [6.07, 6.45) is -1.01. The fraction of sp³-hybridized carbons (Fsp3) is 0.545. The minimum atomic E-state index is -4.56. The molecule has 1 aliphatic carbocycles. The first-order valence-corrected chi connectivity index (χ1v) is 9.06. The number of aromatic nitrogens is 4. The summed E-state index contributed by atoms with van der Waals surface area (Å²) in [7, 11) is -3.65. The fourth-order valence-electron chi connectivity index (χ4n) is 1.87. The SMILES string of the molecule is O=S(=O)(Cc1cn(C2CC2)nn1)Cc1nc(C(F)(F)F)cs1. The van der Waals surface area contributed by atoms with E-state index < -0.39 is 27.5 Å². The minimum absolute atomic E-state index is 0.0816. The number of sulfone groups is 1. The van der Waals surface area contributed by atoms with E-state index in [4.69, 9.17) is 0 Å². The molecular formula is C11H11F3N4O2S2. The van der Waals surface area contributed by atoms with Crippen molar-refractivity contribution in [3.8, 4) is 0 Å². The molecule has 0 spiro atoms. The monoisotopic (exact) mass is 352 g/mol. The summed E-state index contributed by atoms with van der Waals surface area (Å²) in [5, 5.41) is 8.36. The van der Waals surface area contributed by atoms with Gasteiger partial charge in [0.15, 0.2) is 15.5 Å². The van der Waals surface area contributed by atoms with E-state index >= 15 is 0 Å². The van der Waals surface area contributed by atoms with Gasteiger partial charge in [-0.1, -0.05) is 5.21 Å². The predicted molar refractivity (Wildman–Crippen MR) is 71.7 cm³/mol. The van der Waals surface area contributed by atoms with Crippen molar-refractivity contribution < 1.29 is 21.6 Å². The molecule has 1 fully saturated rings. The maximum Gasteiger partial charge on any atom is 0.434 e. The summed E-state index contributed by atoms with van der Waals surface area (Å²) in [6.45, 7) is 0. The average Bonchev–Trinajstić information content (AvgIpc) is 2.95. The van der Waals surface area contributed by atoms with Gasteiger partial charge in [-0.05, 0) is 12.8 Å². The number of hydrogen-bond acceptors (Lipinski definition) is 6. The molecular weight excluding hydrogens is 341 g/mol. The Hall–Kier alpha value is -1.49. The Kier molecular flexibility index (Phi) is 3.71. The maximum absolute atomic E-state index is 12.4. The molecule has 2 aromatic rings. The molecule has 1 saturated carbocycles. The van der Waals surface area contributed by atoms with E-state index in [1.807, 2.05) is 0 Å². The molecule has 22 heavy (non-hydrogen) atoms. The molecule has 6 nitrogen and oxygen atoms in total. The van der Waals surface area contributed by atoms with E-state index in [-0.39, 0.29) is 16.8 Å². The van der Waals surface area contributed by atoms with E-state index in [1.54, 1.807) is 10.9 Å². The summed E-state index contributed by atoms with van der Waals surface area (Å²) in [5.41, 5.74) is -0.776. The molecule has 3 rings (SSSR count). The van der Waals surface area contributed by atoms with Gasteiger partial charge in [-0.2, -0.15) is 13.2 Å². The fourth-order valence-corrected chi connectivity index (χ4v) is 4.39. The lowest BCUT2D eigenvalue weighted by Gasteiger charge is -2.01. The van der Waals surface area contributed by atoms with Gasteiger partial charge in [0.05, 0.1) is 17.5 Å². The van der Waals surface area contributed by atoms with Crippen molar-refractivity contribution in [3.63, 3.8) is 0 Å². The van der Waals surface area contributed by atoms with Gasteiger partial charge in [0.25, 0.3) is 0 Å². The van der Waals surface area contributed by atoms with Crippen LogP contribution in [0.2, 0.25) is 0 Å². The van der Waals surface area contributed by atoms with E-state index in [0.29, 0.717) is 17.0 Å². The van der Waals surface area contributed by atoms with E-state index in [1.165, 1.54) is 0 Å². The topological polar surface area (TPSA) is 77.7 Å². The zero-order valence-corrected chi connectivity index (χ0v) is 12.7. The highest BCUT2D eigenvalue weighted by Gasteiger charge is 2.34. The van der Waals surface area contributed by atoms with Crippen molar-refractivity contribution in [2.24, 2.45) is 0 Å². The van der Waals surface area contributed by atoms with E-state index in [9.17, 15) is 21.6 Å². The molecule has 120 valence electrons. The number of hydrogen-bond donors (Lipinski definition) is 0. The number of nitrogens with zero attached hydrogens (tertiary/aromatic N) is 4. The molecule has 1 aliphatic rings. The van der Waals surface area contributed by atoms with Crippen molar-refractivity contribution in [2.45, 2.75) is 36.6 Å². The Bertz CT molecular complexity index is 777. The van der Waals surface area contributed by atoms with Crippen molar-refractivity contribution in [2.75, 3.05) is 0 Å². The number of thiazole rings is 1. The Morgan fingerprint density at radius 2 is 2.05 bits per heavy atom. The highest BCUT2D eigenvalue weighted by Crippen LogP contribution is 2.34. The minimum Gasteiger partial charge on any atom is -0.249 e. The summed E-state index contributed by atoms with van der Waals surface area (Å²) in [4.78, 5) is 3.32. The van der Waals surface area contributed by atoms with Gasteiger partial charge in [0, 0.05) is 11.6 Å². The largest absolute Gasteiger partial charge is 0.434 e. The van der Waals surface area contributed by atoms with Crippen molar-refractivity contribution in [1.29, 1.82) is 0 Å². The van der Waals surface area contributed by atoms with Crippen LogP contribution in [-0.2, 0) is 27.5 Å². The first-order chi connectivity index (χ1) is 10.2. The molecule has 11 heteroatoms. The van der Waals surface area contributed by atoms with Gasteiger partial charge in [-0.25, -0.2) is 18.1 Å². The highest BCUT2D eigenvalue weighted by molar-refractivity contribution is 7.89. The summed E-state index contributed by atoms with van der Waals surface area (Å²) in [5.74, 6) is -0.898.